The first kappa shape index (κ1) is 18.3. The first-order valence-corrected chi connectivity index (χ1v) is 8.61. The third-order valence-corrected chi connectivity index (χ3v) is 3.95. The monoisotopic (exact) mass is 360 g/mol. The van der Waals surface area contributed by atoms with E-state index in [0.29, 0.717) is 11.5 Å². The largest absolute Gasteiger partial charge is 0.310 e. The van der Waals surface area contributed by atoms with Crippen molar-refractivity contribution in [2.24, 2.45) is 5.10 Å². The summed E-state index contributed by atoms with van der Waals surface area (Å²) in [6.07, 6.45) is 1.90. The van der Waals surface area contributed by atoms with Gasteiger partial charge in [-0.05, 0) is 35.4 Å². The Hall–Kier alpha value is -3.54. The fourth-order valence-corrected chi connectivity index (χ4v) is 2.71. The van der Waals surface area contributed by atoms with Crippen LogP contribution in [0.15, 0.2) is 72.0 Å². The minimum absolute atomic E-state index is 0.0745. The molecule has 27 heavy (non-hydrogen) atoms. The minimum Gasteiger partial charge on any atom is -0.310 e. The minimum atomic E-state index is -0.238. The van der Waals surface area contributed by atoms with Crippen LogP contribution in [0.1, 0.15) is 18.9 Å². The number of amides is 2. The lowest BCUT2D eigenvalue weighted by Gasteiger charge is -2.07. The number of hydrogen-bond acceptors (Lipinski definition) is 4. The normalized spacial score (nSPS) is 11.2. The summed E-state index contributed by atoms with van der Waals surface area (Å²) >= 11 is 0. The van der Waals surface area contributed by atoms with Gasteiger partial charge >= 0.3 is 0 Å². The number of pyridine rings is 1. The highest BCUT2D eigenvalue weighted by Crippen LogP contribution is 2.18. The number of carbonyl (C=O) groups is 2. The van der Waals surface area contributed by atoms with E-state index in [1.165, 1.54) is 0 Å². The van der Waals surface area contributed by atoms with Crippen molar-refractivity contribution in [1.82, 2.24) is 10.4 Å². The second-order valence-electron chi connectivity index (χ2n) is 6.14. The van der Waals surface area contributed by atoms with Crippen molar-refractivity contribution in [3.63, 3.8) is 0 Å². The van der Waals surface area contributed by atoms with Gasteiger partial charge in [-0.3, -0.25) is 9.59 Å². The first-order chi connectivity index (χ1) is 13.1. The lowest BCUT2D eigenvalue weighted by Crippen LogP contribution is -2.23. The SMILES string of the molecule is C/C(CC(=O)Nc1ccccn1)=N/NC(=O)Cc1cccc2ccccc12. The molecule has 0 bridgehead atoms. The second kappa shape index (κ2) is 8.71. The maximum Gasteiger partial charge on any atom is 0.244 e. The number of fused-ring (bicyclic) bond motifs is 1. The average molecular weight is 360 g/mol. The van der Waals surface area contributed by atoms with Gasteiger partial charge in [0.05, 0.1) is 12.8 Å². The summed E-state index contributed by atoms with van der Waals surface area (Å²) in [6, 6.07) is 19.1. The van der Waals surface area contributed by atoms with Crippen molar-refractivity contribution < 1.29 is 9.59 Å². The maximum absolute atomic E-state index is 12.2. The molecular formula is C21H20N4O2. The maximum atomic E-state index is 12.2. The van der Waals surface area contributed by atoms with Crippen LogP contribution in [0, 0.1) is 0 Å². The van der Waals surface area contributed by atoms with Gasteiger partial charge in [0, 0.05) is 11.9 Å². The number of carbonyl (C=O) groups excluding carboxylic acids is 2. The van der Waals surface area contributed by atoms with Crippen LogP contribution in [0.3, 0.4) is 0 Å². The Morgan fingerprint density at radius 1 is 0.963 bits per heavy atom. The van der Waals surface area contributed by atoms with Crippen LogP contribution in [0.2, 0.25) is 0 Å². The zero-order valence-electron chi connectivity index (χ0n) is 15.0. The highest BCUT2D eigenvalue weighted by Gasteiger charge is 2.08. The predicted molar refractivity (Wildman–Crippen MR) is 106 cm³/mol. The van der Waals surface area contributed by atoms with E-state index in [4.69, 9.17) is 0 Å². The van der Waals surface area contributed by atoms with Gasteiger partial charge in [-0.2, -0.15) is 5.10 Å². The average Bonchev–Trinajstić information content (AvgIpc) is 2.67. The fraction of sp³-hybridized carbons (Fsp3) is 0.143. The van der Waals surface area contributed by atoms with E-state index in [1.54, 1.807) is 31.3 Å². The number of nitrogens with zero attached hydrogens (tertiary/aromatic N) is 2. The van der Waals surface area contributed by atoms with Gasteiger partial charge in [0.1, 0.15) is 5.82 Å². The van der Waals surface area contributed by atoms with Gasteiger partial charge in [0.25, 0.3) is 0 Å². The Bertz CT molecular complexity index is 978. The molecule has 0 aliphatic rings. The topological polar surface area (TPSA) is 83.4 Å². The van der Waals surface area contributed by atoms with Crippen LogP contribution in [0.5, 0.6) is 0 Å². The Labute approximate surface area is 157 Å². The molecule has 0 unspecified atom stereocenters. The lowest BCUT2D eigenvalue weighted by molar-refractivity contribution is -0.120. The van der Waals surface area contributed by atoms with E-state index in [2.05, 4.69) is 20.8 Å². The summed E-state index contributed by atoms with van der Waals surface area (Å²) in [5.41, 5.74) is 3.96. The van der Waals surface area contributed by atoms with E-state index in [9.17, 15) is 9.59 Å². The molecule has 2 amide bonds. The summed E-state index contributed by atoms with van der Waals surface area (Å²) in [7, 11) is 0. The lowest BCUT2D eigenvalue weighted by atomic mass is 10.0. The number of aromatic nitrogens is 1. The van der Waals surface area contributed by atoms with Crippen LogP contribution in [0.4, 0.5) is 5.82 Å². The van der Waals surface area contributed by atoms with Crippen molar-refractivity contribution in [2.45, 2.75) is 19.8 Å². The highest BCUT2D eigenvalue weighted by molar-refractivity contribution is 6.05. The van der Waals surface area contributed by atoms with Crippen LogP contribution in [-0.2, 0) is 16.0 Å². The number of nitrogens with one attached hydrogen (secondary N) is 2. The molecule has 2 aromatic carbocycles. The quantitative estimate of drug-likeness (QED) is 0.523. The molecule has 1 heterocycles. The van der Waals surface area contributed by atoms with Gasteiger partial charge in [-0.15, -0.1) is 0 Å². The molecule has 0 aliphatic carbocycles. The third kappa shape index (κ3) is 5.22. The number of hydrogen-bond donors (Lipinski definition) is 2. The molecule has 136 valence electrons. The zero-order chi connectivity index (χ0) is 19.1. The molecule has 6 nitrogen and oxygen atoms in total. The molecule has 0 atom stereocenters. The van der Waals surface area contributed by atoms with Gasteiger partial charge in [0.2, 0.25) is 11.8 Å². The van der Waals surface area contributed by atoms with Crippen molar-refractivity contribution in [1.29, 1.82) is 0 Å². The molecule has 0 aliphatic heterocycles. The van der Waals surface area contributed by atoms with Crippen molar-refractivity contribution in [3.05, 3.63) is 72.4 Å². The molecule has 6 heteroatoms. The first-order valence-electron chi connectivity index (χ1n) is 8.61. The van der Waals surface area contributed by atoms with Crippen LogP contribution in [-0.4, -0.2) is 22.5 Å². The van der Waals surface area contributed by atoms with Crippen molar-refractivity contribution in [3.8, 4) is 0 Å². The van der Waals surface area contributed by atoms with E-state index in [1.807, 2.05) is 42.5 Å². The van der Waals surface area contributed by atoms with Gasteiger partial charge < -0.3 is 5.32 Å². The zero-order valence-corrected chi connectivity index (χ0v) is 15.0. The van der Waals surface area contributed by atoms with E-state index in [0.717, 1.165) is 16.3 Å². The standard InChI is InChI=1S/C21H20N4O2/c1-15(13-20(26)23-19-11-4-5-12-22-19)24-25-21(27)14-17-9-6-8-16-7-2-3-10-18(16)17/h2-12H,13-14H2,1H3,(H,25,27)(H,22,23,26)/b24-15-. The summed E-state index contributed by atoms with van der Waals surface area (Å²) < 4.78 is 0. The second-order valence-corrected chi connectivity index (χ2v) is 6.14. The van der Waals surface area contributed by atoms with Crippen LogP contribution < -0.4 is 10.7 Å². The molecule has 2 N–H and O–H groups in total. The molecule has 0 spiro atoms. The molecule has 0 radical (unpaired) electrons. The van der Waals surface area contributed by atoms with E-state index >= 15 is 0 Å². The number of rotatable bonds is 6. The highest BCUT2D eigenvalue weighted by atomic mass is 16.2. The third-order valence-electron chi connectivity index (χ3n) is 3.95. The number of hydrazone groups is 1. The fourth-order valence-electron chi connectivity index (χ4n) is 2.71. The molecule has 0 saturated heterocycles. The van der Waals surface area contributed by atoms with Gasteiger partial charge in [0.15, 0.2) is 0 Å². The summed E-state index contributed by atoms with van der Waals surface area (Å²) in [5, 5.41) is 8.83. The predicted octanol–water partition coefficient (Wildman–Crippen LogP) is 3.30. The van der Waals surface area contributed by atoms with Crippen LogP contribution >= 0.6 is 0 Å². The van der Waals surface area contributed by atoms with Gasteiger partial charge in [-0.1, -0.05) is 48.5 Å². The Kier molecular flexibility index (Phi) is 5.89. The summed E-state index contributed by atoms with van der Waals surface area (Å²) in [5.74, 6) is 0.0179. The molecule has 3 rings (SSSR count). The molecule has 0 fully saturated rings. The van der Waals surface area contributed by atoms with Crippen molar-refractivity contribution in [2.75, 3.05) is 5.32 Å². The van der Waals surface area contributed by atoms with E-state index < -0.39 is 0 Å². The van der Waals surface area contributed by atoms with Crippen molar-refractivity contribution >= 4 is 34.1 Å². The Balaban J connectivity index is 1.55. The number of anilines is 1. The Morgan fingerprint density at radius 2 is 1.74 bits per heavy atom. The van der Waals surface area contributed by atoms with Crippen LogP contribution in [0.25, 0.3) is 10.8 Å². The smallest absolute Gasteiger partial charge is 0.244 e. The van der Waals surface area contributed by atoms with E-state index in [-0.39, 0.29) is 24.7 Å². The Morgan fingerprint density at radius 3 is 2.56 bits per heavy atom. The molecule has 0 saturated carbocycles. The number of benzene rings is 2. The summed E-state index contributed by atoms with van der Waals surface area (Å²) in [6.45, 7) is 1.69. The summed E-state index contributed by atoms with van der Waals surface area (Å²) in [4.78, 5) is 28.2. The molecular weight excluding hydrogens is 340 g/mol. The molecule has 3 aromatic rings. The van der Waals surface area contributed by atoms with Gasteiger partial charge in [-0.25, -0.2) is 10.4 Å². The molecule has 1 aromatic heterocycles.